The first-order chi connectivity index (χ1) is 9.74. The zero-order valence-corrected chi connectivity index (χ0v) is 11.6. The molecule has 1 aliphatic heterocycles. The van der Waals surface area contributed by atoms with Gasteiger partial charge in [-0.05, 0) is 18.8 Å². The number of nitrogens with zero attached hydrogens (tertiary/aromatic N) is 1. The molecule has 1 saturated heterocycles. The molecule has 0 radical (unpaired) electrons. The molecule has 2 fully saturated rings. The fraction of sp³-hybridized carbons (Fsp3) is 0.818. The maximum atomic E-state index is 12.8. The highest BCUT2D eigenvalue weighted by Gasteiger charge is 2.49. The van der Waals surface area contributed by atoms with Crippen molar-refractivity contribution in [1.82, 2.24) is 10.2 Å². The van der Waals surface area contributed by atoms with E-state index in [1.165, 1.54) is 11.8 Å². The molecule has 0 spiro atoms. The summed E-state index contributed by atoms with van der Waals surface area (Å²) in [7, 11) is 0. The first-order valence-corrected chi connectivity index (χ1v) is 7.35. The van der Waals surface area contributed by atoms with Crippen LogP contribution in [0.1, 0.15) is 12.8 Å². The maximum absolute atomic E-state index is 12.8. The summed E-state index contributed by atoms with van der Waals surface area (Å²) < 4.78 is 49.7. The fourth-order valence-corrected chi connectivity index (χ4v) is 3.71. The molecule has 1 heterocycles. The van der Waals surface area contributed by atoms with Crippen molar-refractivity contribution >= 4 is 23.8 Å². The molecule has 2 rings (SSSR count). The van der Waals surface area contributed by atoms with Gasteiger partial charge in [0.15, 0.2) is 0 Å². The Morgan fingerprint density at radius 3 is 2.48 bits per heavy atom. The number of nitrogens with one attached hydrogen (secondary N) is 1. The van der Waals surface area contributed by atoms with E-state index < -0.39 is 42.3 Å². The Balaban J connectivity index is 2.02. The van der Waals surface area contributed by atoms with E-state index in [9.17, 15) is 27.2 Å². The van der Waals surface area contributed by atoms with Crippen molar-refractivity contribution in [2.24, 2.45) is 5.92 Å². The molecule has 2 unspecified atom stereocenters. The van der Waals surface area contributed by atoms with Crippen LogP contribution in [0.2, 0.25) is 0 Å². The second-order valence-corrected chi connectivity index (χ2v) is 6.19. The first-order valence-electron chi connectivity index (χ1n) is 6.30. The van der Waals surface area contributed by atoms with Gasteiger partial charge in [0.1, 0.15) is 6.04 Å². The van der Waals surface area contributed by atoms with Gasteiger partial charge < -0.3 is 10.4 Å². The number of carbonyl (C=O) groups excluding carboxylic acids is 1. The Kier molecular flexibility index (Phi) is 4.54. The first kappa shape index (κ1) is 16.2. The molecule has 2 N–H and O–H groups in total. The van der Waals surface area contributed by atoms with Crippen molar-refractivity contribution in [2.75, 3.05) is 12.3 Å². The minimum Gasteiger partial charge on any atom is -0.480 e. The summed E-state index contributed by atoms with van der Waals surface area (Å²) in [4.78, 5) is 24.0. The summed E-state index contributed by atoms with van der Waals surface area (Å²) in [6, 6.07) is -2.16. The number of rotatable bonds is 5. The van der Waals surface area contributed by atoms with E-state index in [-0.39, 0.29) is 11.7 Å². The molecule has 2 atom stereocenters. The van der Waals surface area contributed by atoms with Crippen molar-refractivity contribution in [3.05, 3.63) is 0 Å². The van der Waals surface area contributed by atoms with Crippen LogP contribution >= 0.6 is 11.8 Å². The number of aliphatic carboxylic acids is 1. The second-order valence-electron chi connectivity index (χ2n) is 5.04. The van der Waals surface area contributed by atoms with E-state index in [0.29, 0.717) is 0 Å². The number of halogens is 4. The summed E-state index contributed by atoms with van der Waals surface area (Å²) in [6.07, 6.45) is -2.22. The van der Waals surface area contributed by atoms with Gasteiger partial charge >= 0.3 is 24.3 Å². The minimum absolute atomic E-state index is 0.140. The van der Waals surface area contributed by atoms with E-state index in [0.717, 1.165) is 17.7 Å². The van der Waals surface area contributed by atoms with Gasteiger partial charge in [-0.3, -0.25) is 4.90 Å². The average molecular weight is 330 g/mol. The lowest BCUT2D eigenvalue weighted by molar-refractivity contribution is -0.141. The summed E-state index contributed by atoms with van der Waals surface area (Å²) in [6.45, 7) is -1.52. The van der Waals surface area contributed by atoms with Crippen LogP contribution < -0.4 is 5.32 Å². The molecule has 0 aromatic carbocycles. The van der Waals surface area contributed by atoms with Gasteiger partial charge in [0.2, 0.25) is 0 Å². The number of hydrogen-bond donors (Lipinski definition) is 2. The number of carboxylic acid groups (broad SMARTS) is 1. The fourth-order valence-electron chi connectivity index (χ4n) is 2.08. The van der Waals surface area contributed by atoms with Crippen LogP contribution in [0, 0.1) is 5.92 Å². The van der Waals surface area contributed by atoms with Gasteiger partial charge in [0.25, 0.3) is 0 Å². The van der Waals surface area contributed by atoms with Gasteiger partial charge in [-0.1, -0.05) is 0 Å². The summed E-state index contributed by atoms with van der Waals surface area (Å²) in [5.74, 6) is -5.27. The molecule has 2 amide bonds. The smallest absolute Gasteiger partial charge is 0.327 e. The highest BCUT2D eigenvalue weighted by atomic mass is 32.2. The third-order valence-corrected chi connectivity index (χ3v) is 4.84. The number of amides is 2. The van der Waals surface area contributed by atoms with Crippen LogP contribution in [-0.4, -0.2) is 58.1 Å². The molecule has 21 heavy (non-hydrogen) atoms. The Labute approximate surface area is 122 Å². The number of alkyl halides is 4. The van der Waals surface area contributed by atoms with Crippen LogP contribution in [0.25, 0.3) is 0 Å². The third-order valence-electron chi connectivity index (χ3n) is 3.37. The number of hydrogen-bond acceptors (Lipinski definition) is 3. The lowest BCUT2D eigenvalue weighted by Crippen LogP contribution is -2.53. The van der Waals surface area contributed by atoms with Crippen LogP contribution in [0.15, 0.2) is 0 Å². The van der Waals surface area contributed by atoms with Crippen molar-refractivity contribution in [2.45, 2.75) is 36.6 Å². The van der Waals surface area contributed by atoms with Crippen molar-refractivity contribution in [1.29, 1.82) is 0 Å². The minimum atomic E-state index is -4.34. The highest BCUT2D eigenvalue weighted by Crippen LogP contribution is 2.45. The van der Waals surface area contributed by atoms with Gasteiger partial charge in [-0.25, -0.2) is 18.4 Å². The van der Waals surface area contributed by atoms with E-state index in [1.807, 2.05) is 0 Å². The predicted molar refractivity (Wildman–Crippen MR) is 66.6 cm³/mol. The number of thioether (sulfide) groups is 1. The molecule has 0 aromatic rings. The molecular formula is C11H14F4N2O3S. The number of carboxylic acids is 1. The topological polar surface area (TPSA) is 69.6 Å². The molecule has 10 heteroatoms. The molecule has 120 valence electrons. The van der Waals surface area contributed by atoms with Gasteiger partial charge in [-0.2, -0.15) is 8.78 Å². The molecular weight excluding hydrogens is 316 g/mol. The largest absolute Gasteiger partial charge is 0.480 e. The van der Waals surface area contributed by atoms with Crippen LogP contribution in [0.5, 0.6) is 0 Å². The summed E-state index contributed by atoms with van der Waals surface area (Å²) in [5, 5.41) is 10.4. The van der Waals surface area contributed by atoms with Crippen LogP contribution in [-0.2, 0) is 4.79 Å². The zero-order chi connectivity index (χ0) is 15.8. The summed E-state index contributed by atoms with van der Waals surface area (Å²) >= 11 is 1.27. The molecule has 0 bridgehead atoms. The van der Waals surface area contributed by atoms with Crippen LogP contribution in [0.4, 0.5) is 22.4 Å². The number of carbonyl (C=O) groups is 2. The Bertz CT molecular complexity index is 434. The SMILES string of the molecule is O=C(O)C1CSC(C2CC2)N1C(=O)NCC(F)(F)C(F)F. The Morgan fingerprint density at radius 1 is 1.38 bits per heavy atom. The van der Waals surface area contributed by atoms with E-state index in [4.69, 9.17) is 5.11 Å². The van der Waals surface area contributed by atoms with Crippen molar-refractivity contribution in [3.63, 3.8) is 0 Å². The average Bonchev–Trinajstić information content (AvgIpc) is 3.14. The third kappa shape index (κ3) is 3.53. The normalized spacial score (nSPS) is 26.2. The summed E-state index contributed by atoms with van der Waals surface area (Å²) in [5.41, 5.74) is 0. The molecule has 5 nitrogen and oxygen atoms in total. The quantitative estimate of drug-likeness (QED) is 0.755. The lowest BCUT2D eigenvalue weighted by Gasteiger charge is -2.28. The van der Waals surface area contributed by atoms with Gasteiger partial charge in [0.05, 0.1) is 11.9 Å². The van der Waals surface area contributed by atoms with Crippen molar-refractivity contribution < 1.29 is 32.3 Å². The molecule has 1 aliphatic carbocycles. The standard InChI is InChI=1S/C11H14F4N2O3S/c12-9(13)11(14,15)4-16-10(20)17-6(8(18)19)3-21-7(17)5-1-2-5/h5-7,9H,1-4H2,(H,16,20)(H,18,19). The van der Waals surface area contributed by atoms with Gasteiger partial charge in [0, 0.05) is 5.75 Å². The van der Waals surface area contributed by atoms with Crippen molar-refractivity contribution in [3.8, 4) is 0 Å². The second kappa shape index (κ2) is 5.90. The molecule has 0 aromatic heterocycles. The van der Waals surface area contributed by atoms with Crippen LogP contribution in [0.3, 0.4) is 0 Å². The van der Waals surface area contributed by atoms with E-state index >= 15 is 0 Å². The van der Waals surface area contributed by atoms with E-state index in [1.54, 1.807) is 5.32 Å². The maximum Gasteiger partial charge on any atom is 0.327 e. The molecule has 2 aliphatic rings. The monoisotopic (exact) mass is 330 g/mol. The predicted octanol–water partition coefficient (Wildman–Crippen LogP) is 1.83. The Morgan fingerprint density at radius 2 is 2.00 bits per heavy atom. The van der Waals surface area contributed by atoms with Gasteiger partial charge in [-0.15, -0.1) is 11.8 Å². The highest BCUT2D eigenvalue weighted by molar-refractivity contribution is 8.00. The van der Waals surface area contributed by atoms with E-state index in [2.05, 4.69) is 0 Å². The molecule has 1 saturated carbocycles. The lowest BCUT2D eigenvalue weighted by atomic mass is 10.2. The zero-order valence-electron chi connectivity index (χ0n) is 10.8. The Hall–Kier alpha value is -1.19. The number of urea groups is 1.